The Morgan fingerprint density at radius 2 is 2.00 bits per heavy atom. The highest BCUT2D eigenvalue weighted by Gasteiger charge is 2.36. The van der Waals surface area contributed by atoms with Crippen LogP contribution in [0.15, 0.2) is 18.2 Å². The highest BCUT2D eigenvalue weighted by Crippen LogP contribution is 2.26. The van der Waals surface area contributed by atoms with Crippen LogP contribution < -0.4 is 0 Å². The Morgan fingerprint density at radius 3 is 2.71 bits per heavy atom. The Balaban J connectivity index is 1.68. The summed E-state index contributed by atoms with van der Waals surface area (Å²) < 4.78 is 18.9. The first-order chi connectivity index (χ1) is 11.6. The predicted octanol–water partition coefficient (Wildman–Crippen LogP) is 1.15. The van der Waals surface area contributed by atoms with Crippen molar-refractivity contribution in [1.82, 2.24) is 9.80 Å². The number of aliphatic hydroxyl groups excluding tert-OH is 1. The van der Waals surface area contributed by atoms with Crippen molar-refractivity contribution in [1.29, 1.82) is 0 Å². The fourth-order valence-electron chi connectivity index (χ4n) is 3.63. The summed E-state index contributed by atoms with van der Waals surface area (Å²) in [6, 6.07) is 4.31. The van der Waals surface area contributed by atoms with E-state index in [2.05, 4.69) is 4.90 Å². The number of amides is 1. The zero-order valence-corrected chi connectivity index (χ0v) is 14.1. The standard InChI is InChI=1S/C18H25FN2O3/c1-13-2-3-16(19)8-17(13)18(23)21-10-14(15(11-21)12-22)9-20-4-6-24-7-5-20/h2-3,8,14-15,22H,4-7,9-12H2,1H3/t14-,15-/m1/s1. The van der Waals surface area contributed by atoms with Gasteiger partial charge in [-0.25, -0.2) is 4.39 Å². The Hall–Kier alpha value is -1.50. The number of nitrogens with zero attached hydrogens (tertiary/aromatic N) is 2. The van der Waals surface area contributed by atoms with E-state index in [4.69, 9.17) is 4.74 Å². The van der Waals surface area contributed by atoms with Crippen LogP contribution in [0.5, 0.6) is 0 Å². The minimum atomic E-state index is -0.397. The van der Waals surface area contributed by atoms with E-state index in [0.29, 0.717) is 18.7 Å². The average Bonchev–Trinajstić information content (AvgIpc) is 3.00. The van der Waals surface area contributed by atoms with Gasteiger partial charge in [-0.05, 0) is 30.5 Å². The highest BCUT2D eigenvalue weighted by atomic mass is 19.1. The molecule has 2 heterocycles. The number of morpholine rings is 1. The van der Waals surface area contributed by atoms with Gasteiger partial charge in [0.05, 0.1) is 13.2 Å². The molecule has 2 aliphatic heterocycles. The number of likely N-dealkylation sites (tertiary alicyclic amines) is 1. The first kappa shape index (κ1) is 17.3. The van der Waals surface area contributed by atoms with Gasteiger partial charge in [0.1, 0.15) is 5.82 Å². The molecular formula is C18H25FN2O3. The second-order valence-corrected chi connectivity index (χ2v) is 6.79. The number of aliphatic hydroxyl groups is 1. The maximum Gasteiger partial charge on any atom is 0.254 e. The molecule has 1 aromatic carbocycles. The number of carbonyl (C=O) groups is 1. The van der Waals surface area contributed by atoms with Crippen molar-refractivity contribution in [2.24, 2.45) is 11.8 Å². The number of halogens is 1. The molecule has 0 bridgehead atoms. The number of aryl methyl sites for hydroxylation is 1. The Bertz CT molecular complexity index is 590. The molecule has 0 radical (unpaired) electrons. The van der Waals surface area contributed by atoms with Crippen LogP contribution in [0.3, 0.4) is 0 Å². The maximum absolute atomic E-state index is 13.5. The molecule has 0 spiro atoms. The summed E-state index contributed by atoms with van der Waals surface area (Å²) in [6.45, 7) is 7.15. The summed E-state index contributed by atoms with van der Waals surface area (Å²) in [5.74, 6) is -0.224. The van der Waals surface area contributed by atoms with Gasteiger partial charge in [-0.3, -0.25) is 9.69 Å². The lowest BCUT2D eigenvalue weighted by Gasteiger charge is -2.30. The molecule has 24 heavy (non-hydrogen) atoms. The van der Waals surface area contributed by atoms with Crippen LogP contribution in [0.2, 0.25) is 0 Å². The molecule has 0 unspecified atom stereocenters. The van der Waals surface area contributed by atoms with Gasteiger partial charge in [0, 0.05) is 50.8 Å². The van der Waals surface area contributed by atoms with Crippen LogP contribution in [0.25, 0.3) is 0 Å². The quantitative estimate of drug-likeness (QED) is 0.896. The number of hydrogen-bond acceptors (Lipinski definition) is 4. The smallest absolute Gasteiger partial charge is 0.254 e. The molecule has 0 saturated carbocycles. The Kier molecular flexibility index (Phi) is 5.48. The number of carbonyl (C=O) groups excluding carboxylic acids is 1. The van der Waals surface area contributed by atoms with Crippen molar-refractivity contribution in [2.75, 3.05) is 52.5 Å². The van der Waals surface area contributed by atoms with E-state index < -0.39 is 5.82 Å². The molecule has 2 aliphatic rings. The third-order valence-electron chi connectivity index (χ3n) is 5.12. The molecule has 5 nitrogen and oxygen atoms in total. The van der Waals surface area contributed by atoms with E-state index in [0.717, 1.165) is 38.4 Å². The van der Waals surface area contributed by atoms with Gasteiger partial charge in [0.25, 0.3) is 5.91 Å². The van der Waals surface area contributed by atoms with Crippen LogP contribution in [0.4, 0.5) is 4.39 Å². The summed E-state index contributed by atoms with van der Waals surface area (Å²) in [7, 11) is 0. The fraction of sp³-hybridized carbons (Fsp3) is 0.611. The SMILES string of the molecule is Cc1ccc(F)cc1C(=O)N1C[C@@H](CN2CCOCC2)[C@@H](CO)C1. The fourth-order valence-corrected chi connectivity index (χ4v) is 3.63. The molecule has 6 heteroatoms. The van der Waals surface area contributed by atoms with E-state index in [1.807, 2.05) is 6.92 Å². The van der Waals surface area contributed by atoms with Gasteiger partial charge in [-0.1, -0.05) is 6.07 Å². The lowest BCUT2D eigenvalue weighted by Crippen LogP contribution is -2.41. The Morgan fingerprint density at radius 1 is 1.29 bits per heavy atom. The minimum absolute atomic E-state index is 0.0704. The van der Waals surface area contributed by atoms with Crippen LogP contribution in [0.1, 0.15) is 15.9 Å². The molecule has 2 atom stereocenters. The number of rotatable bonds is 4. The maximum atomic E-state index is 13.5. The van der Waals surface area contributed by atoms with Gasteiger partial charge < -0.3 is 14.7 Å². The van der Waals surface area contributed by atoms with Crippen LogP contribution >= 0.6 is 0 Å². The van der Waals surface area contributed by atoms with Crippen molar-refractivity contribution < 1.29 is 19.0 Å². The van der Waals surface area contributed by atoms with Crippen LogP contribution in [-0.4, -0.2) is 73.4 Å². The summed E-state index contributed by atoms with van der Waals surface area (Å²) in [4.78, 5) is 16.9. The minimum Gasteiger partial charge on any atom is -0.396 e. The lowest BCUT2D eigenvalue weighted by molar-refractivity contribution is 0.0264. The van der Waals surface area contributed by atoms with E-state index >= 15 is 0 Å². The van der Waals surface area contributed by atoms with Gasteiger partial charge in [-0.15, -0.1) is 0 Å². The second-order valence-electron chi connectivity index (χ2n) is 6.79. The summed E-state index contributed by atoms with van der Waals surface area (Å²) in [5, 5.41) is 9.69. The average molecular weight is 336 g/mol. The summed E-state index contributed by atoms with van der Waals surface area (Å²) in [6.07, 6.45) is 0. The molecule has 1 amide bonds. The molecule has 0 aliphatic carbocycles. The number of ether oxygens (including phenoxy) is 1. The van der Waals surface area contributed by atoms with Gasteiger partial charge in [0.2, 0.25) is 0 Å². The largest absolute Gasteiger partial charge is 0.396 e. The molecule has 3 rings (SSSR count). The van der Waals surface area contributed by atoms with E-state index in [9.17, 15) is 14.3 Å². The lowest BCUT2D eigenvalue weighted by atomic mass is 9.96. The van der Waals surface area contributed by atoms with Crippen molar-refractivity contribution in [2.45, 2.75) is 6.92 Å². The predicted molar refractivity (Wildman–Crippen MR) is 88.4 cm³/mol. The molecule has 2 fully saturated rings. The van der Waals surface area contributed by atoms with Crippen molar-refractivity contribution in [3.8, 4) is 0 Å². The Labute approximate surface area is 142 Å². The first-order valence-electron chi connectivity index (χ1n) is 8.55. The molecule has 1 aromatic rings. The molecule has 1 N–H and O–H groups in total. The first-order valence-corrected chi connectivity index (χ1v) is 8.55. The number of hydrogen-bond donors (Lipinski definition) is 1. The zero-order chi connectivity index (χ0) is 17.1. The number of benzene rings is 1. The van der Waals surface area contributed by atoms with E-state index in [-0.39, 0.29) is 24.3 Å². The van der Waals surface area contributed by atoms with Crippen molar-refractivity contribution >= 4 is 5.91 Å². The molecule has 132 valence electrons. The van der Waals surface area contributed by atoms with Crippen LogP contribution in [-0.2, 0) is 4.74 Å². The summed E-state index contributed by atoms with van der Waals surface area (Å²) >= 11 is 0. The molecule has 2 saturated heterocycles. The second kappa shape index (κ2) is 7.59. The monoisotopic (exact) mass is 336 g/mol. The molecule has 0 aromatic heterocycles. The van der Waals surface area contributed by atoms with E-state index in [1.54, 1.807) is 11.0 Å². The summed E-state index contributed by atoms with van der Waals surface area (Å²) in [5.41, 5.74) is 1.19. The normalized spacial score (nSPS) is 25.2. The van der Waals surface area contributed by atoms with Crippen molar-refractivity contribution in [3.63, 3.8) is 0 Å². The third-order valence-corrected chi connectivity index (χ3v) is 5.12. The topological polar surface area (TPSA) is 53.0 Å². The zero-order valence-electron chi connectivity index (χ0n) is 14.1. The van der Waals surface area contributed by atoms with Crippen LogP contribution in [0, 0.1) is 24.6 Å². The van der Waals surface area contributed by atoms with Crippen molar-refractivity contribution in [3.05, 3.63) is 35.1 Å². The highest BCUT2D eigenvalue weighted by molar-refractivity contribution is 5.95. The van der Waals surface area contributed by atoms with Gasteiger partial charge in [0.15, 0.2) is 0 Å². The van der Waals surface area contributed by atoms with Gasteiger partial charge in [-0.2, -0.15) is 0 Å². The molecular weight excluding hydrogens is 311 g/mol. The van der Waals surface area contributed by atoms with E-state index in [1.165, 1.54) is 12.1 Å². The third kappa shape index (κ3) is 3.77. The van der Waals surface area contributed by atoms with Gasteiger partial charge >= 0.3 is 0 Å².